The minimum atomic E-state index is -3.66. The zero-order chi connectivity index (χ0) is 23.0. The lowest BCUT2D eigenvalue weighted by Gasteiger charge is -2.17. The maximum Gasteiger partial charge on any atom is 0.243 e. The van der Waals surface area contributed by atoms with Crippen molar-refractivity contribution in [2.24, 2.45) is 0 Å². The Balaban J connectivity index is 1.61. The van der Waals surface area contributed by atoms with Crippen molar-refractivity contribution >= 4 is 49.8 Å². The molecule has 0 spiro atoms. The Kier molecular flexibility index (Phi) is 6.60. The molecule has 1 atom stereocenters. The summed E-state index contributed by atoms with van der Waals surface area (Å²) in [7, 11) is -3.66. The van der Waals surface area contributed by atoms with Crippen LogP contribution < -0.4 is 4.74 Å². The first-order chi connectivity index (χ1) is 15.2. The van der Waals surface area contributed by atoms with E-state index in [1.807, 2.05) is 42.6 Å². The number of fused-ring (bicyclic) bond motifs is 1. The summed E-state index contributed by atoms with van der Waals surface area (Å²) >= 11 is 1.93. The molecule has 0 amide bonds. The first-order valence-electron chi connectivity index (χ1n) is 10.4. The topological polar surface area (TPSA) is 68.6 Å². The summed E-state index contributed by atoms with van der Waals surface area (Å²) < 4.78 is 50.0. The number of aldehydes is 1. The monoisotopic (exact) mass is 570 g/mol. The van der Waals surface area contributed by atoms with Crippen molar-refractivity contribution < 1.29 is 22.3 Å². The number of carbonyl (C=O) groups is 1. The Morgan fingerprint density at radius 3 is 2.62 bits per heavy atom. The maximum absolute atomic E-state index is 14.3. The first-order valence-corrected chi connectivity index (χ1v) is 12.9. The first kappa shape index (κ1) is 23.2. The van der Waals surface area contributed by atoms with E-state index >= 15 is 0 Å². The summed E-state index contributed by atoms with van der Waals surface area (Å²) in [6.45, 7) is 4.67. The maximum atomic E-state index is 14.3. The van der Waals surface area contributed by atoms with E-state index in [1.54, 1.807) is 34.9 Å². The molecular weight excluding hydrogens is 546 g/mol. The number of carbonyl (C=O) groups excluding carboxylic acids is 1. The van der Waals surface area contributed by atoms with Gasteiger partial charge in [0.1, 0.15) is 17.9 Å². The SMILES string of the molecule is CC(C)Oc1ccc(S(=O)(=O)N2CCC(c3cn(CC=O)c4cc(I)c(F)cc34)C2)cc1. The van der Waals surface area contributed by atoms with Gasteiger partial charge < -0.3 is 14.1 Å². The molecule has 3 aromatic rings. The van der Waals surface area contributed by atoms with Crippen molar-refractivity contribution in [2.75, 3.05) is 13.1 Å². The largest absolute Gasteiger partial charge is 0.491 e. The second-order valence-corrected chi connectivity index (χ2v) is 11.3. The lowest BCUT2D eigenvalue weighted by atomic mass is 9.98. The molecule has 1 fully saturated rings. The van der Waals surface area contributed by atoms with Crippen LogP contribution in [0.5, 0.6) is 5.75 Å². The van der Waals surface area contributed by atoms with E-state index in [0.29, 0.717) is 28.8 Å². The smallest absolute Gasteiger partial charge is 0.243 e. The summed E-state index contributed by atoms with van der Waals surface area (Å²) in [6.07, 6.45) is 3.29. The third kappa shape index (κ3) is 4.42. The molecule has 4 rings (SSSR count). The van der Waals surface area contributed by atoms with E-state index in [9.17, 15) is 17.6 Å². The molecule has 1 saturated heterocycles. The van der Waals surface area contributed by atoms with Gasteiger partial charge in [-0.15, -0.1) is 0 Å². The van der Waals surface area contributed by atoms with Gasteiger partial charge in [-0.3, -0.25) is 0 Å². The lowest BCUT2D eigenvalue weighted by Crippen LogP contribution is -2.28. The van der Waals surface area contributed by atoms with Gasteiger partial charge >= 0.3 is 0 Å². The predicted molar refractivity (Wildman–Crippen MR) is 129 cm³/mol. The average molecular weight is 570 g/mol. The highest BCUT2D eigenvalue weighted by Crippen LogP contribution is 2.37. The number of ether oxygens (including phenoxy) is 1. The molecule has 1 unspecified atom stereocenters. The van der Waals surface area contributed by atoms with Gasteiger partial charge in [-0.25, -0.2) is 12.8 Å². The second-order valence-electron chi connectivity index (χ2n) is 8.17. The third-order valence-electron chi connectivity index (χ3n) is 5.65. The summed E-state index contributed by atoms with van der Waals surface area (Å²) in [4.78, 5) is 11.4. The van der Waals surface area contributed by atoms with Crippen LogP contribution in [0.4, 0.5) is 4.39 Å². The summed E-state index contributed by atoms with van der Waals surface area (Å²) in [5.74, 6) is 0.218. The average Bonchev–Trinajstić information content (AvgIpc) is 3.35. The Labute approximate surface area is 200 Å². The molecule has 0 N–H and O–H groups in total. The van der Waals surface area contributed by atoms with Gasteiger partial charge in [0.2, 0.25) is 10.0 Å². The fourth-order valence-corrected chi connectivity index (χ4v) is 6.13. The molecule has 0 radical (unpaired) electrons. The number of benzene rings is 2. The van der Waals surface area contributed by atoms with Gasteiger partial charge in [0.05, 0.1) is 21.1 Å². The van der Waals surface area contributed by atoms with Crippen LogP contribution in [0.3, 0.4) is 0 Å². The van der Waals surface area contributed by atoms with Crippen molar-refractivity contribution in [2.45, 2.75) is 43.7 Å². The Hall–Kier alpha value is -1.98. The van der Waals surface area contributed by atoms with E-state index in [4.69, 9.17) is 4.74 Å². The highest BCUT2D eigenvalue weighted by Gasteiger charge is 2.34. The molecular formula is C23H24FIN2O4S. The number of hydrogen-bond donors (Lipinski definition) is 0. The van der Waals surface area contributed by atoms with Crippen LogP contribution in [0.25, 0.3) is 10.9 Å². The number of hydrogen-bond acceptors (Lipinski definition) is 4. The molecule has 0 bridgehead atoms. The Bertz CT molecular complexity index is 1260. The van der Waals surface area contributed by atoms with Crippen LogP contribution in [0, 0.1) is 9.39 Å². The van der Waals surface area contributed by atoms with Gasteiger partial charge in [0.25, 0.3) is 0 Å². The fourth-order valence-electron chi connectivity index (χ4n) is 4.18. The van der Waals surface area contributed by atoms with Crippen LogP contribution in [0.2, 0.25) is 0 Å². The van der Waals surface area contributed by atoms with Crippen molar-refractivity contribution in [3.05, 3.63) is 57.5 Å². The van der Waals surface area contributed by atoms with Crippen molar-refractivity contribution in [1.29, 1.82) is 0 Å². The van der Waals surface area contributed by atoms with Gasteiger partial charge in [-0.2, -0.15) is 4.31 Å². The van der Waals surface area contributed by atoms with Gasteiger partial charge in [-0.1, -0.05) is 0 Å². The quantitative estimate of drug-likeness (QED) is 0.309. The molecule has 170 valence electrons. The fraction of sp³-hybridized carbons (Fsp3) is 0.348. The van der Waals surface area contributed by atoms with E-state index in [2.05, 4.69) is 0 Å². The molecule has 0 aliphatic carbocycles. The van der Waals surface area contributed by atoms with Crippen LogP contribution in [-0.2, 0) is 21.4 Å². The molecule has 0 saturated carbocycles. The molecule has 2 aromatic carbocycles. The van der Waals surface area contributed by atoms with Gasteiger partial charge in [0.15, 0.2) is 0 Å². The second kappa shape index (κ2) is 9.11. The van der Waals surface area contributed by atoms with Gasteiger partial charge in [0, 0.05) is 36.1 Å². The van der Waals surface area contributed by atoms with Crippen molar-refractivity contribution in [3.8, 4) is 5.75 Å². The van der Waals surface area contributed by atoms with E-state index in [0.717, 1.165) is 22.8 Å². The number of halogens is 2. The van der Waals surface area contributed by atoms with Crippen molar-refractivity contribution in [1.82, 2.24) is 8.87 Å². The zero-order valence-corrected chi connectivity index (χ0v) is 20.8. The number of sulfonamides is 1. The third-order valence-corrected chi connectivity index (χ3v) is 8.36. The zero-order valence-electron chi connectivity index (χ0n) is 17.8. The molecule has 1 aromatic heterocycles. The highest BCUT2D eigenvalue weighted by atomic mass is 127. The minimum absolute atomic E-state index is 0.00580. The number of rotatable bonds is 7. The normalized spacial score (nSPS) is 17.3. The predicted octanol–water partition coefficient (Wildman–Crippen LogP) is 4.55. The van der Waals surface area contributed by atoms with E-state index in [1.165, 1.54) is 10.4 Å². The molecule has 2 heterocycles. The molecule has 1 aliphatic rings. The van der Waals surface area contributed by atoms with Crippen LogP contribution in [0.1, 0.15) is 31.7 Å². The summed E-state index contributed by atoms with van der Waals surface area (Å²) in [6, 6.07) is 9.66. The van der Waals surface area contributed by atoms with Crippen LogP contribution >= 0.6 is 22.6 Å². The summed E-state index contributed by atoms with van der Waals surface area (Å²) in [5.41, 5.74) is 1.65. The van der Waals surface area contributed by atoms with Crippen molar-refractivity contribution in [3.63, 3.8) is 0 Å². The Morgan fingerprint density at radius 1 is 1.25 bits per heavy atom. The highest BCUT2D eigenvalue weighted by molar-refractivity contribution is 14.1. The number of aromatic nitrogens is 1. The van der Waals surface area contributed by atoms with Crippen LogP contribution in [-0.4, -0.2) is 42.8 Å². The molecule has 6 nitrogen and oxygen atoms in total. The summed E-state index contributed by atoms with van der Waals surface area (Å²) in [5, 5.41) is 0.726. The minimum Gasteiger partial charge on any atom is -0.491 e. The standard InChI is InChI=1S/C23H24FIN2O4S/c1-15(2)31-17-3-5-18(6-4-17)32(29,30)27-8-7-16(13-27)20-14-26(9-10-28)23-12-22(25)21(24)11-19(20)23/h3-6,10-12,14-16H,7-9,13H2,1-2H3. The lowest BCUT2D eigenvalue weighted by molar-refractivity contribution is -0.108. The van der Waals surface area contributed by atoms with E-state index < -0.39 is 10.0 Å². The Morgan fingerprint density at radius 2 is 1.97 bits per heavy atom. The van der Waals surface area contributed by atoms with Gasteiger partial charge in [-0.05, 0) is 84.8 Å². The molecule has 32 heavy (non-hydrogen) atoms. The van der Waals surface area contributed by atoms with E-state index in [-0.39, 0.29) is 29.3 Å². The van der Waals surface area contributed by atoms with Crippen LogP contribution in [0.15, 0.2) is 47.5 Å². The molecule has 9 heteroatoms. The molecule has 1 aliphatic heterocycles. The number of nitrogens with zero attached hydrogens (tertiary/aromatic N) is 2.